The summed E-state index contributed by atoms with van der Waals surface area (Å²) in [6, 6.07) is -0.251. The predicted octanol–water partition coefficient (Wildman–Crippen LogP) is -0.380. The smallest absolute Gasteiger partial charge is 0.109 e. The molecule has 1 rings (SSSR count). The lowest BCUT2D eigenvalue weighted by Crippen LogP contribution is -2.63. The third kappa shape index (κ3) is 2.45. The van der Waals surface area contributed by atoms with E-state index in [4.69, 9.17) is 0 Å². The molecule has 84 valence electrons. The van der Waals surface area contributed by atoms with E-state index in [0.29, 0.717) is 0 Å². The largest absolute Gasteiger partial charge is 0.389 e. The molecule has 3 unspecified atom stereocenters. The van der Waals surface area contributed by atoms with Crippen molar-refractivity contribution in [2.24, 2.45) is 0 Å². The van der Waals surface area contributed by atoms with Crippen LogP contribution >= 0.6 is 0 Å². The van der Waals surface area contributed by atoms with Crippen molar-refractivity contribution in [3.05, 3.63) is 0 Å². The van der Waals surface area contributed by atoms with E-state index in [-0.39, 0.29) is 12.1 Å². The number of unbranched alkanes of at least 4 members (excludes halogenated alkanes) is 1. The molecule has 0 aliphatic carbocycles. The van der Waals surface area contributed by atoms with Gasteiger partial charge in [-0.1, -0.05) is 19.8 Å². The summed E-state index contributed by atoms with van der Waals surface area (Å²) in [5.74, 6) is 0. The molecule has 1 aliphatic heterocycles. The van der Waals surface area contributed by atoms with Crippen molar-refractivity contribution in [2.75, 3.05) is 0 Å². The molecule has 1 aliphatic rings. The minimum atomic E-state index is -1.02. The van der Waals surface area contributed by atoms with Crippen molar-refractivity contribution in [3.63, 3.8) is 0 Å². The molecule has 4 N–H and O–H groups in total. The van der Waals surface area contributed by atoms with Crippen molar-refractivity contribution < 1.29 is 15.3 Å². The fourth-order valence-corrected chi connectivity index (χ4v) is 1.95. The highest BCUT2D eigenvalue weighted by molar-refractivity contribution is 4.96. The van der Waals surface area contributed by atoms with E-state index in [9.17, 15) is 15.3 Å². The molecular formula is C10H21NO3. The molecule has 0 radical (unpaired) electrons. The maximum Gasteiger partial charge on any atom is 0.109 e. The molecule has 4 heteroatoms. The first-order valence-corrected chi connectivity index (χ1v) is 5.38. The Morgan fingerprint density at radius 3 is 2.29 bits per heavy atom. The van der Waals surface area contributed by atoms with Crippen LogP contribution in [0.3, 0.4) is 0 Å². The van der Waals surface area contributed by atoms with Gasteiger partial charge in [-0.2, -0.15) is 0 Å². The topological polar surface area (TPSA) is 72.7 Å². The van der Waals surface area contributed by atoms with Crippen LogP contribution in [-0.2, 0) is 0 Å². The minimum absolute atomic E-state index is 0.0941. The van der Waals surface area contributed by atoms with Crippen molar-refractivity contribution in [3.8, 4) is 0 Å². The molecule has 0 spiro atoms. The fraction of sp³-hybridized carbons (Fsp3) is 1.00. The van der Waals surface area contributed by atoms with Crippen molar-refractivity contribution >= 4 is 0 Å². The average Bonchev–Trinajstić information content (AvgIpc) is 2.18. The van der Waals surface area contributed by atoms with Gasteiger partial charge in [-0.3, -0.25) is 0 Å². The average molecular weight is 203 g/mol. The normalized spacial score (nSPS) is 43.9. The van der Waals surface area contributed by atoms with Crippen LogP contribution in [0, 0.1) is 0 Å². The molecular weight excluding hydrogens is 182 g/mol. The fourth-order valence-electron chi connectivity index (χ4n) is 1.95. The lowest BCUT2D eigenvalue weighted by Gasteiger charge is -2.40. The van der Waals surface area contributed by atoms with Gasteiger partial charge in [0.2, 0.25) is 0 Å². The van der Waals surface area contributed by atoms with Gasteiger partial charge >= 0.3 is 0 Å². The second kappa shape index (κ2) is 5.07. The summed E-state index contributed by atoms with van der Waals surface area (Å²) in [7, 11) is 0. The number of hydrogen-bond donors (Lipinski definition) is 4. The Morgan fingerprint density at radius 1 is 1.07 bits per heavy atom. The summed E-state index contributed by atoms with van der Waals surface area (Å²) in [4.78, 5) is 0. The molecule has 14 heavy (non-hydrogen) atoms. The molecule has 1 heterocycles. The van der Waals surface area contributed by atoms with Gasteiger partial charge in [-0.25, -0.2) is 0 Å². The summed E-state index contributed by atoms with van der Waals surface area (Å²) < 4.78 is 0. The molecule has 4 nitrogen and oxygen atoms in total. The van der Waals surface area contributed by atoms with Crippen LogP contribution < -0.4 is 5.32 Å². The monoisotopic (exact) mass is 203 g/mol. The van der Waals surface area contributed by atoms with Gasteiger partial charge in [-0.15, -0.1) is 0 Å². The Hall–Kier alpha value is -0.160. The number of rotatable bonds is 3. The molecule has 5 atom stereocenters. The molecule has 0 amide bonds. The number of nitrogens with one attached hydrogen (secondary N) is 1. The minimum Gasteiger partial charge on any atom is -0.389 e. The highest BCUT2D eigenvalue weighted by Gasteiger charge is 2.39. The zero-order valence-electron chi connectivity index (χ0n) is 8.85. The summed E-state index contributed by atoms with van der Waals surface area (Å²) in [5.41, 5.74) is 0. The Kier molecular flexibility index (Phi) is 4.31. The Morgan fingerprint density at radius 2 is 1.71 bits per heavy atom. The van der Waals surface area contributed by atoms with Gasteiger partial charge in [0.25, 0.3) is 0 Å². The molecule has 0 aromatic rings. The zero-order chi connectivity index (χ0) is 10.7. The second-order valence-corrected chi connectivity index (χ2v) is 4.18. The molecule has 0 aromatic heterocycles. The van der Waals surface area contributed by atoms with Crippen LogP contribution in [-0.4, -0.2) is 45.7 Å². The highest BCUT2D eigenvalue weighted by Crippen LogP contribution is 2.18. The highest BCUT2D eigenvalue weighted by atomic mass is 16.4. The zero-order valence-corrected chi connectivity index (χ0v) is 8.85. The number of aliphatic hydroxyl groups is 3. The third-order valence-corrected chi connectivity index (χ3v) is 2.97. The van der Waals surface area contributed by atoms with E-state index >= 15 is 0 Å². The van der Waals surface area contributed by atoms with E-state index in [0.717, 1.165) is 19.3 Å². The third-order valence-electron chi connectivity index (χ3n) is 2.97. The summed E-state index contributed by atoms with van der Waals surface area (Å²) in [5, 5.41) is 31.8. The van der Waals surface area contributed by atoms with E-state index in [1.807, 2.05) is 6.92 Å². The Labute approximate surface area is 85.0 Å². The first-order chi connectivity index (χ1) is 6.57. The van der Waals surface area contributed by atoms with Gasteiger partial charge in [0.1, 0.15) is 6.10 Å². The molecule has 0 aromatic carbocycles. The van der Waals surface area contributed by atoms with Crippen molar-refractivity contribution in [1.29, 1.82) is 0 Å². The standard InChI is InChI=1S/C10H21NO3/c1-3-4-5-7-9(13)10(14)8(12)6(2)11-7/h6-14H,3-5H2,1-2H3/t6?,7-,8-,9?,10?/m0/s1. The predicted molar refractivity (Wildman–Crippen MR) is 53.9 cm³/mol. The van der Waals surface area contributed by atoms with Crippen LogP contribution in [0.2, 0.25) is 0 Å². The van der Waals surface area contributed by atoms with Gasteiger partial charge in [0, 0.05) is 12.1 Å². The Bertz CT molecular complexity index is 177. The SMILES string of the molecule is CCCC[C@@H]1NC(C)[C@H](O)C(O)C1O. The van der Waals surface area contributed by atoms with Crippen LogP contribution in [0.4, 0.5) is 0 Å². The summed E-state index contributed by atoms with van der Waals surface area (Å²) in [6.45, 7) is 3.91. The van der Waals surface area contributed by atoms with Crippen molar-refractivity contribution in [2.45, 2.75) is 63.5 Å². The lowest BCUT2D eigenvalue weighted by molar-refractivity contribution is -0.111. The van der Waals surface area contributed by atoms with E-state index in [2.05, 4.69) is 12.2 Å². The maximum absolute atomic E-state index is 9.68. The number of aliphatic hydroxyl groups excluding tert-OH is 3. The first kappa shape index (κ1) is 11.9. The van der Waals surface area contributed by atoms with Gasteiger partial charge < -0.3 is 20.6 Å². The molecule has 0 bridgehead atoms. The Balaban J connectivity index is 2.52. The molecule has 1 saturated heterocycles. The van der Waals surface area contributed by atoms with E-state index in [1.54, 1.807) is 0 Å². The molecule has 1 fully saturated rings. The van der Waals surface area contributed by atoms with Crippen LogP contribution in [0.1, 0.15) is 33.1 Å². The first-order valence-electron chi connectivity index (χ1n) is 5.38. The van der Waals surface area contributed by atoms with Gasteiger partial charge in [-0.05, 0) is 13.3 Å². The second-order valence-electron chi connectivity index (χ2n) is 4.18. The van der Waals surface area contributed by atoms with Crippen LogP contribution in [0.5, 0.6) is 0 Å². The number of piperidine rings is 1. The van der Waals surface area contributed by atoms with E-state index < -0.39 is 18.3 Å². The lowest BCUT2D eigenvalue weighted by atomic mass is 9.88. The van der Waals surface area contributed by atoms with E-state index in [1.165, 1.54) is 0 Å². The number of hydrogen-bond acceptors (Lipinski definition) is 4. The van der Waals surface area contributed by atoms with Gasteiger partial charge in [0.15, 0.2) is 0 Å². The quantitative estimate of drug-likeness (QED) is 0.504. The maximum atomic E-state index is 9.68. The van der Waals surface area contributed by atoms with Crippen LogP contribution in [0.25, 0.3) is 0 Å². The van der Waals surface area contributed by atoms with Crippen molar-refractivity contribution in [1.82, 2.24) is 5.32 Å². The molecule has 0 saturated carbocycles. The summed E-state index contributed by atoms with van der Waals surface area (Å²) in [6.07, 6.45) is 0.178. The summed E-state index contributed by atoms with van der Waals surface area (Å²) >= 11 is 0. The van der Waals surface area contributed by atoms with Gasteiger partial charge in [0.05, 0.1) is 12.2 Å². The van der Waals surface area contributed by atoms with Crippen LogP contribution in [0.15, 0.2) is 0 Å².